The fourth-order valence-electron chi connectivity index (χ4n) is 1.16. The summed E-state index contributed by atoms with van der Waals surface area (Å²) in [4.78, 5) is 0. The third-order valence-corrected chi connectivity index (χ3v) is 4.56. The van der Waals surface area contributed by atoms with Gasteiger partial charge in [-0.2, -0.15) is 0 Å². The smallest absolute Gasteiger partial charge is 0.115 e. The lowest BCUT2D eigenvalue weighted by Crippen LogP contribution is -3.00. The fraction of sp³-hybridized carbons (Fsp3) is 1.00. The lowest BCUT2D eigenvalue weighted by molar-refractivity contribution is -0.00000182. The number of hydrogen-bond donors (Lipinski definition) is 0. The van der Waals surface area contributed by atoms with Crippen LogP contribution in [0, 0.1) is 0 Å². The first-order valence-electron chi connectivity index (χ1n) is 3.42. The van der Waals surface area contributed by atoms with Crippen LogP contribution in [-0.2, 0) is 10.9 Å². The second-order valence-corrected chi connectivity index (χ2v) is 5.30. The molecule has 0 radical (unpaired) electrons. The van der Waals surface area contributed by atoms with Crippen LogP contribution in [0.25, 0.3) is 0 Å². The Morgan fingerprint density at radius 1 is 1.33 bits per heavy atom. The Morgan fingerprint density at radius 2 is 2.00 bits per heavy atom. The predicted octanol–water partition coefficient (Wildman–Crippen LogP) is -1.19. The fourth-order valence-corrected chi connectivity index (χ4v) is 2.79. The van der Waals surface area contributed by atoms with Crippen molar-refractivity contribution in [2.45, 2.75) is 31.4 Å². The summed E-state index contributed by atoms with van der Waals surface area (Å²) in [6, 6.07) is 0. The van der Waals surface area contributed by atoms with E-state index < -0.39 is 0 Å². The summed E-state index contributed by atoms with van der Waals surface area (Å²) >= 11 is 0. The molecule has 0 aromatic carbocycles. The standard InChI is InChI=1S/C7H15S.HI/c1-7-5-3-4-6-8(7)2;/h7H,3-6H2,1-2H3;1H/q+1;/p-1. The molecule has 2 atom stereocenters. The molecule has 0 saturated carbocycles. The number of halogens is 1. The Bertz CT molecular complexity index is 65.3. The van der Waals surface area contributed by atoms with Gasteiger partial charge in [-0.1, -0.05) is 0 Å². The molecule has 0 amide bonds. The third-order valence-electron chi connectivity index (χ3n) is 2.01. The highest BCUT2D eigenvalue weighted by Crippen LogP contribution is 2.18. The van der Waals surface area contributed by atoms with Crippen LogP contribution in [0.4, 0.5) is 0 Å². The zero-order valence-corrected chi connectivity index (χ0v) is 9.17. The van der Waals surface area contributed by atoms with Crippen molar-refractivity contribution in [3.63, 3.8) is 0 Å². The van der Waals surface area contributed by atoms with Crippen molar-refractivity contribution in [2.24, 2.45) is 0 Å². The Labute approximate surface area is 78.2 Å². The number of rotatable bonds is 0. The molecule has 1 aliphatic rings. The van der Waals surface area contributed by atoms with E-state index in [1.54, 1.807) is 0 Å². The van der Waals surface area contributed by atoms with Crippen molar-refractivity contribution in [3.05, 3.63) is 0 Å². The zero-order chi connectivity index (χ0) is 5.98. The summed E-state index contributed by atoms with van der Waals surface area (Å²) < 4.78 is 0. The molecular formula is C7H15IS. The van der Waals surface area contributed by atoms with Gasteiger partial charge in [0.15, 0.2) is 0 Å². The second-order valence-electron chi connectivity index (χ2n) is 2.70. The maximum atomic E-state index is 2.41. The minimum atomic E-state index is 0. The van der Waals surface area contributed by atoms with Gasteiger partial charge in [-0.25, -0.2) is 0 Å². The predicted molar refractivity (Wildman–Crippen MR) is 41.5 cm³/mol. The molecule has 2 heteroatoms. The van der Waals surface area contributed by atoms with Crippen molar-refractivity contribution in [2.75, 3.05) is 12.0 Å². The van der Waals surface area contributed by atoms with E-state index in [0.717, 1.165) is 16.1 Å². The molecule has 2 unspecified atom stereocenters. The molecule has 1 aliphatic heterocycles. The molecule has 0 aromatic rings. The summed E-state index contributed by atoms with van der Waals surface area (Å²) in [7, 11) is 0.765. The second kappa shape index (κ2) is 4.83. The Kier molecular flexibility index (Phi) is 5.41. The zero-order valence-electron chi connectivity index (χ0n) is 6.19. The highest BCUT2D eigenvalue weighted by molar-refractivity contribution is 7.96. The minimum Gasteiger partial charge on any atom is -1.00 e. The van der Waals surface area contributed by atoms with Gasteiger partial charge in [0, 0.05) is 0 Å². The van der Waals surface area contributed by atoms with Crippen molar-refractivity contribution >= 4 is 10.9 Å². The molecule has 1 saturated heterocycles. The molecule has 0 aromatic heterocycles. The average Bonchev–Trinajstić information content (AvgIpc) is 1.77. The average molecular weight is 258 g/mol. The van der Waals surface area contributed by atoms with Crippen LogP contribution in [0.15, 0.2) is 0 Å². The van der Waals surface area contributed by atoms with E-state index in [1.807, 2.05) is 0 Å². The Morgan fingerprint density at radius 3 is 2.33 bits per heavy atom. The van der Waals surface area contributed by atoms with E-state index in [2.05, 4.69) is 13.2 Å². The van der Waals surface area contributed by atoms with Crippen LogP contribution < -0.4 is 24.0 Å². The Hall–Kier alpha value is 1.08. The van der Waals surface area contributed by atoms with Gasteiger partial charge >= 0.3 is 0 Å². The molecule has 56 valence electrons. The summed E-state index contributed by atoms with van der Waals surface area (Å²) in [5, 5.41) is 1.03. The topological polar surface area (TPSA) is 0 Å². The van der Waals surface area contributed by atoms with Crippen molar-refractivity contribution in [1.29, 1.82) is 0 Å². The Balaban J connectivity index is 0.000000640. The molecule has 0 spiro atoms. The SMILES string of the molecule is CC1CCCC[S+]1C.[I-]. The first-order valence-corrected chi connectivity index (χ1v) is 5.28. The van der Waals surface area contributed by atoms with E-state index in [9.17, 15) is 0 Å². The lowest BCUT2D eigenvalue weighted by atomic mass is 10.2. The monoisotopic (exact) mass is 258 g/mol. The molecule has 1 heterocycles. The van der Waals surface area contributed by atoms with Gasteiger partial charge in [-0.15, -0.1) is 0 Å². The van der Waals surface area contributed by atoms with Gasteiger partial charge in [0.2, 0.25) is 0 Å². The van der Waals surface area contributed by atoms with Crippen LogP contribution in [0.3, 0.4) is 0 Å². The number of hydrogen-bond acceptors (Lipinski definition) is 0. The summed E-state index contributed by atoms with van der Waals surface area (Å²) in [6.45, 7) is 2.39. The molecule has 0 N–H and O–H groups in total. The van der Waals surface area contributed by atoms with Crippen LogP contribution >= 0.6 is 0 Å². The molecule has 1 fully saturated rings. The van der Waals surface area contributed by atoms with E-state index in [1.165, 1.54) is 25.0 Å². The highest BCUT2D eigenvalue weighted by Gasteiger charge is 2.24. The maximum Gasteiger partial charge on any atom is 0.115 e. The molecule has 0 aliphatic carbocycles. The molecule has 1 rings (SSSR count). The van der Waals surface area contributed by atoms with Crippen molar-refractivity contribution in [3.8, 4) is 0 Å². The van der Waals surface area contributed by atoms with E-state index in [-0.39, 0.29) is 24.0 Å². The van der Waals surface area contributed by atoms with Gasteiger partial charge in [-0.3, -0.25) is 0 Å². The van der Waals surface area contributed by atoms with E-state index in [0.29, 0.717) is 0 Å². The normalized spacial score (nSPS) is 35.3. The first-order chi connectivity index (χ1) is 3.80. The third kappa shape index (κ3) is 3.12. The van der Waals surface area contributed by atoms with Crippen molar-refractivity contribution in [1.82, 2.24) is 0 Å². The first kappa shape index (κ1) is 10.1. The van der Waals surface area contributed by atoms with E-state index >= 15 is 0 Å². The molecule has 0 bridgehead atoms. The summed E-state index contributed by atoms with van der Waals surface area (Å²) in [5.41, 5.74) is 0. The summed E-state index contributed by atoms with van der Waals surface area (Å²) in [6.07, 6.45) is 6.87. The maximum absolute atomic E-state index is 2.41. The molecular weight excluding hydrogens is 243 g/mol. The quantitative estimate of drug-likeness (QED) is 0.379. The molecule has 9 heavy (non-hydrogen) atoms. The largest absolute Gasteiger partial charge is 1.00 e. The van der Waals surface area contributed by atoms with Gasteiger partial charge in [-0.05, 0) is 37.1 Å². The summed E-state index contributed by atoms with van der Waals surface area (Å²) in [5.74, 6) is 1.50. The van der Waals surface area contributed by atoms with Crippen LogP contribution in [0.1, 0.15) is 26.2 Å². The van der Waals surface area contributed by atoms with Gasteiger partial charge in [0.1, 0.15) is 11.0 Å². The highest BCUT2D eigenvalue weighted by atomic mass is 127. The van der Waals surface area contributed by atoms with Crippen molar-refractivity contribution < 1.29 is 24.0 Å². The van der Waals surface area contributed by atoms with Gasteiger partial charge in [0.25, 0.3) is 0 Å². The van der Waals surface area contributed by atoms with Crippen LogP contribution in [-0.4, -0.2) is 17.3 Å². The van der Waals surface area contributed by atoms with Gasteiger partial charge in [0.05, 0.1) is 6.26 Å². The van der Waals surface area contributed by atoms with Gasteiger partial charge < -0.3 is 24.0 Å². The van der Waals surface area contributed by atoms with Crippen LogP contribution in [0.2, 0.25) is 0 Å². The lowest BCUT2D eigenvalue weighted by Gasteiger charge is -2.16. The molecule has 0 nitrogen and oxygen atoms in total. The van der Waals surface area contributed by atoms with Crippen LogP contribution in [0.5, 0.6) is 0 Å². The van der Waals surface area contributed by atoms with E-state index in [4.69, 9.17) is 0 Å². The minimum absolute atomic E-state index is 0.